The maximum absolute atomic E-state index is 12.2. The molecular weight excluding hydrogens is 362 g/mol. The molecule has 0 aliphatic heterocycles. The normalized spacial score (nSPS) is 11.2. The van der Waals surface area contributed by atoms with Crippen LogP contribution in [-0.4, -0.2) is 21.9 Å². The van der Waals surface area contributed by atoms with Gasteiger partial charge in [-0.15, -0.1) is 22.0 Å². The highest BCUT2D eigenvalue weighted by Gasteiger charge is 2.12. The number of nitrogens with zero attached hydrogens (tertiary/aromatic N) is 2. The van der Waals surface area contributed by atoms with Crippen LogP contribution in [0.15, 0.2) is 41.3 Å². The molecule has 4 nitrogen and oxygen atoms in total. The molecule has 0 unspecified atom stereocenters. The smallest absolute Gasteiger partial charge is 0.236 e. The Bertz CT molecular complexity index is 874. The second-order valence-corrected chi connectivity index (χ2v) is 7.96. The number of carbonyl (C=O) groups excluding carboxylic acids is 1. The molecule has 1 N–H and O–H groups in total. The molecule has 0 saturated heterocycles. The van der Waals surface area contributed by atoms with Gasteiger partial charge in [0.25, 0.3) is 0 Å². The minimum Gasteiger partial charge on any atom is -0.300 e. The Balaban J connectivity index is 1.68. The van der Waals surface area contributed by atoms with Gasteiger partial charge < -0.3 is 0 Å². The highest BCUT2D eigenvalue weighted by Crippen LogP contribution is 2.33. The van der Waals surface area contributed by atoms with Gasteiger partial charge in [0, 0.05) is 21.2 Å². The molecule has 1 amide bonds. The maximum atomic E-state index is 12.2. The summed E-state index contributed by atoms with van der Waals surface area (Å²) in [7, 11) is 0. The average Bonchev–Trinajstić information content (AvgIpc) is 3.02. The number of nitrogens with one attached hydrogen (secondary N) is 1. The number of thioether (sulfide) groups is 1. The van der Waals surface area contributed by atoms with Crippen LogP contribution >= 0.6 is 34.7 Å². The SMILES string of the molecule is CC(C)c1nnc(NC(=O)CSc2cccc3cccc(Cl)c23)s1. The van der Waals surface area contributed by atoms with Crippen LogP contribution in [0.3, 0.4) is 0 Å². The molecule has 0 radical (unpaired) electrons. The first-order chi connectivity index (χ1) is 11.5. The Labute approximate surface area is 153 Å². The fourth-order valence-electron chi connectivity index (χ4n) is 2.20. The van der Waals surface area contributed by atoms with Crippen molar-refractivity contribution in [2.24, 2.45) is 0 Å². The zero-order valence-electron chi connectivity index (χ0n) is 13.2. The van der Waals surface area contributed by atoms with Crippen LogP contribution < -0.4 is 5.32 Å². The van der Waals surface area contributed by atoms with Crippen molar-refractivity contribution in [1.29, 1.82) is 0 Å². The summed E-state index contributed by atoms with van der Waals surface area (Å²) in [4.78, 5) is 13.2. The predicted octanol–water partition coefficient (Wildman–Crippen LogP) is 5.20. The maximum Gasteiger partial charge on any atom is 0.236 e. The molecule has 2 aromatic carbocycles. The van der Waals surface area contributed by atoms with Gasteiger partial charge in [-0.2, -0.15) is 0 Å². The number of fused-ring (bicyclic) bond motifs is 1. The lowest BCUT2D eigenvalue weighted by Crippen LogP contribution is -2.13. The number of benzene rings is 2. The third kappa shape index (κ3) is 3.88. The largest absolute Gasteiger partial charge is 0.300 e. The first-order valence-electron chi connectivity index (χ1n) is 7.48. The van der Waals surface area contributed by atoms with Gasteiger partial charge in [-0.1, -0.05) is 61.1 Å². The quantitative estimate of drug-likeness (QED) is 0.621. The van der Waals surface area contributed by atoms with Gasteiger partial charge in [0.2, 0.25) is 11.0 Å². The van der Waals surface area contributed by atoms with E-state index in [0.29, 0.717) is 21.8 Å². The van der Waals surface area contributed by atoms with Crippen molar-refractivity contribution >= 4 is 56.5 Å². The van der Waals surface area contributed by atoms with Crippen LogP contribution in [0.4, 0.5) is 5.13 Å². The van der Waals surface area contributed by atoms with E-state index in [1.807, 2.05) is 50.2 Å². The molecular formula is C17H16ClN3OS2. The Morgan fingerprint density at radius 2 is 2.00 bits per heavy atom. The second-order valence-electron chi connectivity index (χ2n) is 5.53. The molecule has 0 bridgehead atoms. The summed E-state index contributed by atoms with van der Waals surface area (Å²) in [5, 5.41) is 15.1. The number of rotatable bonds is 5. The van der Waals surface area contributed by atoms with E-state index in [2.05, 4.69) is 15.5 Å². The number of amides is 1. The highest BCUT2D eigenvalue weighted by atomic mass is 35.5. The molecule has 0 spiro atoms. The summed E-state index contributed by atoms with van der Waals surface area (Å²) < 4.78 is 0. The molecule has 0 fully saturated rings. The number of anilines is 1. The molecule has 124 valence electrons. The minimum absolute atomic E-state index is 0.101. The third-order valence-electron chi connectivity index (χ3n) is 3.36. The third-order valence-corrected chi connectivity index (χ3v) is 5.87. The van der Waals surface area contributed by atoms with E-state index < -0.39 is 0 Å². The van der Waals surface area contributed by atoms with Crippen LogP contribution in [0.1, 0.15) is 24.8 Å². The Kier molecular flexibility index (Phi) is 5.38. The molecule has 0 saturated carbocycles. The fourth-order valence-corrected chi connectivity index (χ4v) is 4.21. The lowest BCUT2D eigenvalue weighted by Gasteiger charge is -2.07. The van der Waals surface area contributed by atoms with Crippen LogP contribution in [0.2, 0.25) is 5.02 Å². The van der Waals surface area contributed by atoms with E-state index in [9.17, 15) is 4.79 Å². The van der Waals surface area contributed by atoms with E-state index in [1.165, 1.54) is 23.1 Å². The number of hydrogen-bond donors (Lipinski definition) is 1. The molecule has 0 atom stereocenters. The topological polar surface area (TPSA) is 54.9 Å². The van der Waals surface area contributed by atoms with Gasteiger partial charge in [0.05, 0.1) is 5.75 Å². The van der Waals surface area contributed by atoms with Crippen LogP contribution in [-0.2, 0) is 4.79 Å². The van der Waals surface area contributed by atoms with Crippen molar-refractivity contribution in [3.8, 4) is 0 Å². The predicted molar refractivity (Wildman–Crippen MR) is 102 cm³/mol. The van der Waals surface area contributed by atoms with Crippen LogP contribution in [0.5, 0.6) is 0 Å². The summed E-state index contributed by atoms with van der Waals surface area (Å²) >= 11 is 9.19. The molecule has 24 heavy (non-hydrogen) atoms. The van der Waals surface area contributed by atoms with Crippen molar-refractivity contribution < 1.29 is 4.79 Å². The summed E-state index contributed by atoms with van der Waals surface area (Å²) in [5.41, 5.74) is 0. The van der Waals surface area contributed by atoms with E-state index in [4.69, 9.17) is 11.6 Å². The minimum atomic E-state index is -0.101. The van der Waals surface area contributed by atoms with Crippen molar-refractivity contribution in [3.63, 3.8) is 0 Å². The van der Waals surface area contributed by atoms with Crippen molar-refractivity contribution in [2.75, 3.05) is 11.1 Å². The molecule has 3 rings (SSSR count). The van der Waals surface area contributed by atoms with E-state index in [-0.39, 0.29) is 5.91 Å². The molecule has 1 aromatic heterocycles. The molecule has 0 aliphatic rings. The number of carbonyl (C=O) groups is 1. The van der Waals surface area contributed by atoms with Gasteiger partial charge in [-0.3, -0.25) is 10.1 Å². The zero-order valence-corrected chi connectivity index (χ0v) is 15.6. The molecule has 1 heterocycles. The first kappa shape index (κ1) is 17.2. The van der Waals surface area contributed by atoms with Gasteiger partial charge in [-0.05, 0) is 17.5 Å². The monoisotopic (exact) mass is 377 g/mol. The summed E-state index contributed by atoms with van der Waals surface area (Å²) in [6.45, 7) is 4.10. The number of hydrogen-bond acceptors (Lipinski definition) is 5. The Morgan fingerprint density at radius 3 is 2.71 bits per heavy atom. The van der Waals surface area contributed by atoms with E-state index in [0.717, 1.165) is 20.7 Å². The second kappa shape index (κ2) is 7.51. The number of halogens is 1. The molecule has 7 heteroatoms. The Hall–Kier alpha value is -1.63. The zero-order chi connectivity index (χ0) is 17.1. The van der Waals surface area contributed by atoms with Crippen LogP contribution in [0.25, 0.3) is 10.8 Å². The summed E-state index contributed by atoms with van der Waals surface area (Å²) in [6.07, 6.45) is 0. The first-order valence-corrected chi connectivity index (χ1v) is 9.66. The fraction of sp³-hybridized carbons (Fsp3) is 0.235. The van der Waals surface area contributed by atoms with Gasteiger partial charge in [0.15, 0.2) is 0 Å². The van der Waals surface area contributed by atoms with Crippen molar-refractivity contribution in [1.82, 2.24) is 10.2 Å². The average molecular weight is 378 g/mol. The van der Waals surface area contributed by atoms with Gasteiger partial charge >= 0.3 is 0 Å². The van der Waals surface area contributed by atoms with Crippen LogP contribution in [0, 0.1) is 0 Å². The van der Waals surface area contributed by atoms with Crippen molar-refractivity contribution in [3.05, 3.63) is 46.4 Å². The van der Waals surface area contributed by atoms with E-state index >= 15 is 0 Å². The highest BCUT2D eigenvalue weighted by molar-refractivity contribution is 8.00. The number of aromatic nitrogens is 2. The van der Waals surface area contributed by atoms with E-state index in [1.54, 1.807) is 0 Å². The standard InChI is InChI=1S/C17H16ClN3OS2/c1-10(2)16-20-21-17(24-16)19-14(22)9-23-13-8-4-6-11-5-3-7-12(18)15(11)13/h3-8,10H,9H2,1-2H3,(H,19,21,22). The Morgan fingerprint density at radius 1 is 1.25 bits per heavy atom. The lowest BCUT2D eigenvalue weighted by molar-refractivity contribution is -0.113. The summed E-state index contributed by atoms with van der Waals surface area (Å²) in [5.74, 6) is 0.497. The van der Waals surface area contributed by atoms with Gasteiger partial charge in [0.1, 0.15) is 5.01 Å². The van der Waals surface area contributed by atoms with Gasteiger partial charge in [-0.25, -0.2) is 0 Å². The molecule has 3 aromatic rings. The summed E-state index contributed by atoms with van der Waals surface area (Å²) in [6, 6.07) is 11.8. The molecule has 0 aliphatic carbocycles. The lowest BCUT2D eigenvalue weighted by atomic mass is 10.1. The van der Waals surface area contributed by atoms with Crippen molar-refractivity contribution in [2.45, 2.75) is 24.7 Å².